The Kier molecular flexibility index (Phi) is 5.25. The summed E-state index contributed by atoms with van der Waals surface area (Å²) >= 11 is -0.532. The van der Waals surface area contributed by atoms with E-state index >= 15 is 0 Å². The van der Waals surface area contributed by atoms with Gasteiger partial charge in [0.1, 0.15) is 0 Å². The van der Waals surface area contributed by atoms with E-state index in [0.29, 0.717) is 0 Å². The zero-order valence-corrected chi connectivity index (χ0v) is 16.0. The molecule has 0 amide bonds. The molecule has 1 nitrogen and oxygen atoms in total. The molecule has 0 N–H and O–H groups in total. The molecular weight excluding hydrogens is 327 g/mol. The molecule has 0 radical (unpaired) electrons. The second kappa shape index (κ2) is 6.54. The summed E-state index contributed by atoms with van der Waals surface area (Å²) in [5.41, 5.74) is 1.57. The van der Waals surface area contributed by atoms with Crippen LogP contribution in [-0.2, 0) is 27.7 Å². The molecule has 2 aliphatic carbocycles. The van der Waals surface area contributed by atoms with Crippen molar-refractivity contribution in [1.82, 2.24) is 0 Å². The van der Waals surface area contributed by atoms with E-state index in [1.54, 1.807) is 12.1 Å². The Bertz CT molecular complexity index is 464. The maximum atomic E-state index is 6.29. The van der Waals surface area contributed by atoms with Gasteiger partial charge < -0.3 is 0 Å². The quantitative estimate of drug-likeness (QED) is 0.604. The summed E-state index contributed by atoms with van der Waals surface area (Å²) in [5, 5.41) is 0. The predicted molar refractivity (Wildman–Crippen MR) is 80.9 cm³/mol. The summed E-state index contributed by atoms with van der Waals surface area (Å²) in [6, 6.07) is 0. The molecule has 0 unspecified atom stereocenters. The van der Waals surface area contributed by atoms with E-state index in [1.807, 2.05) is 0 Å². The number of rotatable bonds is 6. The second-order valence-corrected chi connectivity index (χ2v) is 14.2. The van der Waals surface area contributed by atoms with Crippen LogP contribution in [0.4, 0.5) is 0 Å². The molecule has 2 aliphatic rings. The number of hydrogen-bond acceptors (Lipinski definition) is 1. The molecule has 0 saturated carbocycles. The predicted octanol–water partition coefficient (Wildman–Crippen LogP) is 5.11. The number of allylic oxidation sites excluding steroid dienone is 7. The molecule has 0 aromatic rings. The first-order chi connectivity index (χ1) is 8.99. The Labute approximate surface area is 130 Å². The van der Waals surface area contributed by atoms with Gasteiger partial charge in [0.25, 0.3) is 0 Å². The van der Waals surface area contributed by atoms with Gasteiger partial charge in [-0.15, -0.1) is 0 Å². The Morgan fingerprint density at radius 2 is 2.05 bits per heavy atom. The van der Waals surface area contributed by atoms with Crippen molar-refractivity contribution in [1.29, 1.82) is 0 Å². The van der Waals surface area contributed by atoms with Crippen LogP contribution >= 0.6 is 0 Å². The molecule has 0 saturated heterocycles. The van der Waals surface area contributed by atoms with Gasteiger partial charge in [-0.2, -0.15) is 0 Å². The summed E-state index contributed by atoms with van der Waals surface area (Å²) in [5.74, 6) is 1.24. The first-order valence-corrected chi connectivity index (χ1v) is 13.1. The molecule has 0 heterocycles. The van der Waals surface area contributed by atoms with Crippen LogP contribution in [0.25, 0.3) is 0 Å². The van der Waals surface area contributed by atoms with Gasteiger partial charge in [0.2, 0.25) is 0 Å². The van der Waals surface area contributed by atoms with Crippen LogP contribution in [0.5, 0.6) is 0 Å². The standard InChI is InChI=1S/C11H19OSi.C5H5.Zr/c1-5-7-10-8-6-9-11(10)12-13(2,3)4;1-2-4-5-3-1;/h9H,5-7H2,1-4H3;1-3H,4H2;. The van der Waals surface area contributed by atoms with Crippen molar-refractivity contribution in [3.8, 4) is 0 Å². The van der Waals surface area contributed by atoms with Gasteiger partial charge >= 0.3 is 130 Å². The molecule has 0 atom stereocenters. The van der Waals surface area contributed by atoms with Gasteiger partial charge in [0, 0.05) is 0 Å². The summed E-state index contributed by atoms with van der Waals surface area (Å²) in [7, 11) is -1.48. The number of hydrogen-bond donors (Lipinski definition) is 0. The van der Waals surface area contributed by atoms with E-state index in [1.165, 1.54) is 31.4 Å². The van der Waals surface area contributed by atoms with Crippen molar-refractivity contribution in [2.75, 3.05) is 0 Å². The summed E-state index contributed by atoms with van der Waals surface area (Å²) in [6.45, 7) is 9.10. The maximum absolute atomic E-state index is 6.29. The van der Waals surface area contributed by atoms with Crippen molar-refractivity contribution in [2.45, 2.75) is 52.2 Å². The normalized spacial score (nSPS) is 18.7. The van der Waals surface area contributed by atoms with Crippen molar-refractivity contribution < 1.29 is 27.7 Å². The van der Waals surface area contributed by atoms with Gasteiger partial charge in [0.15, 0.2) is 0 Å². The van der Waals surface area contributed by atoms with Gasteiger partial charge in [-0.1, -0.05) is 0 Å². The first kappa shape index (κ1) is 15.3. The Balaban J connectivity index is 2.11. The zero-order chi connectivity index (χ0) is 13.9. The molecule has 0 aromatic carbocycles. The average Bonchev–Trinajstić information content (AvgIpc) is 2.92. The van der Waals surface area contributed by atoms with E-state index in [0.717, 1.165) is 0 Å². The molecular formula is C16H24OSiZr. The van der Waals surface area contributed by atoms with Crippen molar-refractivity contribution >= 4 is 8.32 Å². The van der Waals surface area contributed by atoms with Gasteiger partial charge in [-0.3, -0.25) is 0 Å². The van der Waals surface area contributed by atoms with E-state index in [9.17, 15) is 0 Å². The minimum absolute atomic E-state index is 0.532. The third-order valence-corrected chi connectivity index (χ3v) is 7.67. The molecule has 0 bridgehead atoms. The molecule has 0 aliphatic heterocycles. The van der Waals surface area contributed by atoms with Gasteiger partial charge in [-0.25, -0.2) is 0 Å². The van der Waals surface area contributed by atoms with Crippen LogP contribution in [-0.4, -0.2) is 8.32 Å². The monoisotopic (exact) mass is 350 g/mol. The van der Waals surface area contributed by atoms with Crippen LogP contribution in [0.1, 0.15) is 32.6 Å². The van der Waals surface area contributed by atoms with Crippen LogP contribution < -0.4 is 0 Å². The fourth-order valence-electron chi connectivity index (χ4n) is 2.41. The molecule has 2 rings (SSSR count). The first-order valence-electron chi connectivity index (χ1n) is 7.24. The molecule has 0 fully saturated rings. The summed E-state index contributed by atoms with van der Waals surface area (Å²) in [6.07, 6.45) is 14.0. The third kappa shape index (κ3) is 4.43. The fourth-order valence-corrected chi connectivity index (χ4v) is 6.69. The Hall–Kier alpha value is -0.140. The van der Waals surface area contributed by atoms with Gasteiger partial charge in [0.05, 0.1) is 0 Å². The van der Waals surface area contributed by atoms with E-state index in [2.05, 4.69) is 50.9 Å². The molecule has 0 aromatic heterocycles. The Morgan fingerprint density at radius 3 is 2.63 bits per heavy atom. The van der Waals surface area contributed by atoms with Crippen LogP contribution in [0.2, 0.25) is 19.6 Å². The van der Waals surface area contributed by atoms with Gasteiger partial charge in [-0.05, 0) is 0 Å². The summed E-state index contributed by atoms with van der Waals surface area (Å²) < 4.78 is 9.77. The SMILES string of the molecule is CCCC1=[C]([Zr][C]2=CC=CC2)CC=C1O[Si](C)(C)C. The van der Waals surface area contributed by atoms with Crippen molar-refractivity contribution in [3.63, 3.8) is 0 Å². The third-order valence-electron chi connectivity index (χ3n) is 3.15. The molecule has 19 heavy (non-hydrogen) atoms. The zero-order valence-electron chi connectivity index (χ0n) is 12.5. The average molecular weight is 352 g/mol. The Morgan fingerprint density at radius 1 is 1.26 bits per heavy atom. The fraction of sp³-hybridized carbons (Fsp3) is 0.500. The van der Waals surface area contributed by atoms with Crippen LogP contribution in [0.15, 0.2) is 42.2 Å². The summed E-state index contributed by atoms with van der Waals surface area (Å²) in [4.78, 5) is 0. The molecule has 102 valence electrons. The van der Waals surface area contributed by atoms with E-state index in [-0.39, 0.29) is 0 Å². The van der Waals surface area contributed by atoms with E-state index in [4.69, 9.17) is 4.43 Å². The van der Waals surface area contributed by atoms with Crippen LogP contribution in [0, 0.1) is 0 Å². The van der Waals surface area contributed by atoms with Crippen molar-refractivity contribution in [2.24, 2.45) is 0 Å². The van der Waals surface area contributed by atoms with E-state index < -0.39 is 31.6 Å². The molecule has 3 heteroatoms. The van der Waals surface area contributed by atoms with Crippen molar-refractivity contribution in [3.05, 3.63) is 42.2 Å². The topological polar surface area (TPSA) is 9.23 Å². The molecule has 0 spiro atoms. The van der Waals surface area contributed by atoms with Crippen LogP contribution in [0.3, 0.4) is 0 Å². The minimum atomic E-state index is -1.48. The second-order valence-electron chi connectivity index (χ2n) is 6.14.